The molecule has 1 amide bonds. The Bertz CT molecular complexity index is 614. The highest BCUT2D eigenvalue weighted by molar-refractivity contribution is 6.33. The van der Waals surface area contributed by atoms with Crippen molar-refractivity contribution in [2.45, 2.75) is 26.1 Å². The number of para-hydroxylation sites is 1. The van der Waals surface area contributed by atoms with Crippen LogP contribution in [0.4, 0.5) is 5.69 Å². The van der Waals surface area contributed by atoms with Gasteiger partial charge in [-0.1, -0.05) is 23.7 Å². The molecule has 1 aromatic carbocycles. The summed E-state index contributed by atoms with van der Waals surface area (Å²) < 4.78 is 5.63. The van der Waals surface area contributed by atoms with Crippen molar-refractivity contribution in [2.24, 2.45) is 0 Å². The zero-order valence-electron chi connectivity index (χ0n) is 12.5. The molecule has 2 atom stereocenters. The van der Waals surface area contributed by atoms with Crippen molar-refractivity contribution in [3.8, 4) is 6.07 Å². The molecule has 1 N–H and O–H groups in total. The summed E-state index contributed by atoms with van der Waals surface area (Å²) in [6.45, 7) is 5.22. The first-order chi connectivity index (χ1) is 10.5. The smallest absolute Gasteiger partial charge is 0.267 e. The van der Waals surface area contributed by atoms with E-state index in [2.05, 4.69) is 5.32 Å². The maximum atomic E-state index is 12.2. The van der Waals surface area contributed by atoms with Crippen LogP contribution >= 0.6 is 11.6 Å². The molecule has 2 rings (SSSR count). The lowest BCUT2D eigenvalue weighted by Crippen LogP contribution is -2.43. The third kappa shape index (κ3) is 4.23. The van der Waals surface area contributed by atoms with Crippen molar-refractivity contribution in [1.29, 1.82) is 5.26 Å². The van der Waals surface area contributed by atoms with Crippen molar-refractivity contribution in [3.05, 3.63) is 41.1 Å². The van der Waals surface area contributed by atoms with E-state index in [0.29, 0.717) is 23.8 Å². The number of anilines is 1. The summed E-state index contributed by atoms with van der Waals surface area (Å²) >= 11 is 6.00. The number of morpholine rings is 1. The lowest BCUT2D eigenvalue weighted by molar-refractivity contribution is -0.112. The number of halogens is 1. The standard InChI is InChI=1S/C16H18ClN3O2/c1-11-8-20(9-12(2)22-11)10-13(7-18)16(21)19-15-6-4-3-5-14(15)17/h3-6,10-12H,8-9H2,1-2H3,(H,19,21)/b13-10-. The van der Waals surface area contributed by atoms with Gasteiger partial charge in [-0.2, -0.15) is 5.26 Å². The Morgan fingerprint density at radius 1 is 1.41 bits per heavy atom. The van der Waals surface area contributed by atoms with Gasteiger partial charge in [-0.3, -0.25) is 4.79 Å². The second kappa shape index (κ2) is 7.30. The normalized spacial score (nSPS) is 22.1. The van der Waals surface area contributed by atoms with E-state index < -0.39 is 5.91 Å². The van der Waals surface area contributed by atoms with E-state index in [1.807, 2.05) is 24.8 Å². The summed E-state index contributed by atoms with van der Waals surface area (Å²) in [7, 11) is 0. The SMILES string of the molecule is CC1CN(/C=C(/C#N)C(=O)Nc2ccccc2Cl)CC(C)O1. The van der Waals surface area contributed by atoms with Crippen LogP contribution in [-0.4, -0.2) is 36.1 Å². The number of nitrogens with one attached hydrogen (secondary N) is 1. The van der Waals surface area contributed by atoms with E-state index in [4.69, 9.17) is 16.3 Å². The van der Waals surface area contributed by atoms with E-state index >= 15 is 0 Å². The Labute approximate surface area is 135 Å². The molecule has 0 aliphatic carbocycles. The number of carbonyl (C=O) groups excluding carboxylic acids is 1. The molecule has 1 aliphatic rings. The van der Waals surface area contributed by atoms with E-state index in [-0.39, 0.29) is 17.8 Å². The minimum Gasteiger partial charge on any atom is -0.372 e. The zero-order valence-corrected chi connectivity index (χ0v) is 13.3. The predicted octanol–water partition coefficient (Wildman–Crippen LogP) is 2.80. The molecule has 0 saturated carbocycles. The first-order valence-corrected chi connectivity index (χ1v) is 7.44. The molecule has 5 nitrogen and oxygen atoms in total. The number of nitrogens with zero attached hydrogens (tertiary/aromatic N) is 2. The minimum absolute atomic E-state index is 0.0428. The number of carbonyl (C=O) groups is 1. The Morgan fingerprint density at radius 2 is 2.05 bits per heavy atom. The zero-order chi connectivity index (χ0) is 16.1. The average molecular weight is 320 g/mol. The Kier molecular flexibility index (Phi) is 5.42. The topological polar surface area (TPSA) is 65.4 Å². The van der Waals surface area contributed by atoms with Crippen LogP contribution in [0.5, 0.6) is 0 Å². The number of hydrogen-bond acceptors (Lipinski definition) is 4. The second-order valence-electron chi connectivity index (χ2n) is 5.30. The molecule has 1 fully saturated rings. The molecule has 22 heavy (non-hydrogen) atoms. The number of ether oxygens (including phenoxy) is 1. The van der Waals surface area contributed by atoms with Crippen molar-refractivity contribution in [1.82, 2.24) is 4.90 Å². The summed E-state index contributed by atoms with van der Waals surface area (Å²) in [5.74, 6) is -0.470. The fourth-order valence-electron chi connectivity index (χ4n) is 2.40. The van der Waals surface area contributed by atoms with Gasteiger partial charge in [-0.25, -0.2) is 0 Å². The summed E-state index contributed by atoms with van der Waals surface area (Å²) in [5, 5.41) is 12.3. The second-order valence-corrected chi connectivity index (χ2v) is 5.71. The predicted molar refractivity (Wildman–Crippen MR) is 85.4 cm³/mol. The molecule has 1 aliphatic heterocycles. The van der Waals surface area contributed by atoms with E-state index in [0.717, 1.165) is 0 Å². The Balaban J connectivity index is 2.10. The number of hydrogen-bond donors (Lipinski definition) is 1. The molecular formula is C16H18ClN3O2. The van der Waals surface area contributed by atoms with Gasteiger partial charge in [-0.05, 0) is 26.0 Å². The highest BCUT2D eigenvalue weighted by Crippen LogP contribution is 2.21. The van der Waals surface area contributed by atoms with Gasteiger partial charge in [0.2, 0.25) is 0 Å². The van der Waals surface area contributed by atoms with Crippen LogP contribution in [-0.2, 0) is 9.53 Å². The van der Waals surface area contributed by atoms with Crippen molar-refractivity contribution in [3.63, 3.8) is 0 Å². The summed E-state index contributed by atoms with van der Waals surface area (Å²) in [5.41, 5.74) is 0.528. The van der Waals surface area contributed by atoms with Crippen LogP contribution in [0.25, 0.3) is 0 Å². The van der Waals surface area contributed by atoms with Crippen molar-refractivity contribution < 1.29 is 9.53 Å². The van der Waals surface area contributed by atoms with Gasteiger partial charge in [0.1, 0.15) is 11.6 Å². The molecule has 0 radical (unpaired) electrons. The molecule has 0 spiro atoms. The van der Waals surface area contributed by atoms with Crippen LogP contribution in [0.1, 0.15) is 13.8 Å². The molecular weight excluding hydrogens is 302 g/mol. The third-order valence-corrected chi connectivity index (χ3v) is 3.58. The van der Waals surface area contributed by atoms with Gasteiger partial charge < -0.3 is 15.0 Å². The summed E-state index contributed by atoms with van der Waals surface area (Å²) in [6, 6.07) is 8.85. The number of rotatable bonds is 3. The highest BCUT2D eigenvalue weighted by atomic mass is 35.5. The first kappa shape index (κ1) is 16.3. The molecule has 6 heteroatoms. The van der Waals surface area contributed by atoms with Crippen molar-refractivity contribution >= 4 is 23.2 Å². The van der Waals surface area contributed by atoms with Crippen LogP contribution in [0.2, 0.25) is 5.02 Å². The molecule has 0 aromatic heterocycles. The molecule has 1 saturated heterocycles. The van der Waals surface area contributed by atoms with Gasteiger partial charge in [0.25, 0.3) is 5.91 Å². The third-order valence-electron chi connectivity index (χ3n) is 3.25. The van der Waals surface area contributed by atoms with Gasteiger partial charge in [-0.15, -0.1) is 0 Å². The molecule has 116 valence electrons. The molecule has 1 heterocycles. The van der Waals surface area contributed by atoms with Gasteiger partial charge in [0, 0.05) is 19.3 Å². The Morgan fingerprint density at radius 3 is 2.64 bits per heavy atom. The maximum absolute atomic E-state index is 12.2. The fourth-order valence-corrected chi connectivity index (χ4v) is 2.58. The van der Waals surface area contributed by atoms with E-state index in [1.165, 1.54) is 0 Å². The fraction of sp³-hybridized carbons (Fsp3) is 0.375. The lowest BCUT2D eigenvalue weighted by Gasteiger charge is -2.34. The largest absolute Gasteiger partial charge is 0.372 e. The van der Waals surface area contributed by atoms with E-state index in [1.54, 1.807) is 30.5 Å². The van der Waals surface area contributed by atoms with E-state index in [9.17, 15) is 10.1 Å². The molecule has 2 unspecified atom stereocenters. The first-order valence-electron chi connectivity index (χ1n) is 7.07. The van der Waals surface area contributed by atoms with Crippen molar-refractivity contribution in [2.75, 3.05) is 18.4 Å². The van der Waals surface area contributed by atoms with Crippen LogP contribution < -0.4 is 5.32 Å². The minimum atomic E-state index is -0.470. The lowest BCUT2D eigenvalue weighted by atomic mass is 10.2. The molecule has 0 bridgehead atoms. The van der Waals surface area contributed by atoms with Gasteiger partial charge >= 0.3 is 0 Å². The maximum Gasteiger partial charge on any atom is 0.267 e. The number of amides is 1. The molecule has 1 aromatic rings. The van der Waals surface area contributed by atoms with Crippen LogP contribution in [0.3, 0.4) is 0 Å². The number of benzene rings is 1. The van der Waals surface area contributed by atoms with Gasteiger partial charge in [0.15, 0.2) is 0 Å². The quantitative estimate of drug-likeness (QED) is 0.687. The summed E-state index contributed by atoms with van der Waals surface area (Å²) in [6.07, 6.45) is 1.71. The summed E-state index contributed by atoms with van der Waals surface area (Å²) in [4.78, 5) is 14.1. The van der Waals surface area contributed by atoms with Crippen LogP contribution in [0.15, 0.2) is 36.0 Å². The monoisotopic (exact) mass is 319 g/mol. The average Bonchev–Trinajstić information content (AvgIpc) is 2.46. The number of nitriles is 1. The van der Waals surface area contributed by atoms with Crippen LogP contribution in [0, 0.1) is 11.3 Å². The highest BCUT2D eigenvalue weighted by Gasteiger charge is 2.21. The van der Waals surface area contributed by atoms with Gasteiger partial charge in [0.05, 0.1) is 22.9 Å². The Hall–Kier alpha value is -2.03.